The van der Waals surface area contributed by atoms with Crippen LogP contribution in [0.15, 0.2) is 472 Å². The Morgan fingerprint density at radius 1 is 0.213 bits per heavy atom. The Morgan fingerprint density at radius 2 is 0.553 bits per heavy atom. The molecule has 10 nitrogen and oxygen atoms in total. The number of para-hydroxylation sites is 7. The zero-order valence-electron chi connectivity index (χ0n) is 83.3. The second-order valence-electron chi connectivity index (χ2n) is 41.4. The van der Waals surface area contributed by atoms with Crippen LogP contribution in [0.25, 0.3) is 259 Å². The van der Waals surface area contributed by atoms with Crippen molar-refractivity contribution in [2.24, 2.45) is 0 Å². The number of benzene rings is 20. The summed E-state index contributed by atoms with van der Waals surface area (Å²) in [5, 5.41) is 22.9. The molecule has 3 aliphatic rings. The molecular weight excluding hydrogens is 1890 g/mol. The minimum absolute atomic E-state index is 0.729. The van der Waals surface area contributed by atoms with Gasteiger partial charge >= 0.3 is 0 Å². The van der Waals surface area contributed by atoms with E-state index < -0.39 is 24.2 Å². The number of furan rings is 1. The Kier molecular flexibility index (Phi) is 20.4. The molecule has 14 heteroatoms. The van der Waals surface area contributed by atoms with Gasteiger partial charge in [-0.15, -0.1) is 11.3 Å². The molecule has 150 heavy (non-hydrogen) atoms. The summed E-state index contributed by atoms with van der Waals surface area (Å²) in [6.45, 7) is 14.7. The number of thiophene rings is 1. The van der Waals surface area contributed by atoms with Gasteiger partial charge in [0.15, 0.2) is 17.5 Å². The van der Waals surface area contributed by atoms with Crippen molar-refractivity contribution in [3.05, 3.63) is 467 Å². The third kappa shape index (κ3) is 13.9. The number of hydrogen-bond acceptors (Lipinski definition) is 8. The van der Waals surface area contributed by atoms with Crippen LogP contribution in [0, 0.1) is 0 Å². The first-order chi connectivity index (χ1) is 73.7. The third-order valence-corrected chi connectivity index (χ3v) is 43.5. The van der Waals surface area contributed by atoms with Gasteiger partial charge in [-0.25, -0.2) is 29.9 Å². The number of fused-ring (bicyclic) bond motifs is 26. The fourth-order valence-corrected chi connectivity index (χ4v) is 35.7. The SMILES string of the molecule is C[Si]1(C)c2ccccc2-c2nc(-c3ccc4c(c3)c3ccccc3n4-c3ccccc3)nc(-c3cccc4c3oc3ccccc34)c21.C[Si]1(C)c2ccccc2-c2nc(-c3ccc4c(c3)c3ccccc3n4-c3ccccc3)nc(-c3cccc4c3sc3ccccc34)c21.C[Si]1(C)c2ccccc2-c2nc(-c3cccc(-c4ccc5c(c4)c4c6ccccc6ccc4n5-c4ccccc4)c3)nc(-c3cccc(-c4ccccc4)c3)c21. The molecule has 0 saturated heterocycles. The standard InChI is InChI=1S/C52H37N3Si.C42H29N3OSi.C42H29N3SSi/c1-56(2)47-26-12-11-25-43(47)50-51(56)49(39-20-13-18-36(31-39)34-15-5-3-6-16-34)53-52(54-50)40-21-14-19-37(32-40)38-28-29-45-44(33-38)48-42-24-10-9-17-35(42)27-30-46(48)55(45)41-22-7-4-8-23-41;2*1-47(2)37-22-11-8-17-31(37)38-41(47)39(32-19-12-18-30-29-16-7-10-21-36(29)46-40(30)32)44-42(43-38)26-23-24-35-33(25-26)28-15-6-9-20-34(28)45(35)27-13-4-3-5-14-27/h3-33H,1-2H3;2*3-25H,1-2H3. The van der Waals surface area contributed by atoms with Crippen molar-refractivity contribution < 1.29 is 4.42 Å². The van der Waals surface area contributed by atoms with E-state index in [0.717, 1.165) is 135 Å². The Labute approximate surface area is 873 Å². The van der Waals surface area contributed by atoms with Crippen LogP contribution in [0.2, 0.25) is 39.3 Å². The van der Waals surface area contributed by atoms with E-state index >= 15 is 0 Å². The second-order valence-corrected chi connectivity index (χ2v) is 55.3. The summed E-state index contributed by atoms with van der Waals surface area (Å²) in [5.74, 6) is 2.25. The predicted octanol–water partition coefficient (Wildman–Crippen LogP) is 31.9. The van der Waals surface area contributed by atoms with Crippen molar-refractivity contribution in [1.29, 1.82) is 0 Å². The molecule has 0 unspecified atom stereocenters. The molecule has 0 spiro atoms. The maximum absolute atomic E-state index is 6.59. The highest BCUT2D eigenvalue weighted by Crippen LogP contribution is 2.48. The molecule has 8 aromatic heterocycles. The maximum Gasteiger partial charge on any atom is 0.160 e. The van der Waals surface area contributed by atoms with Gasteiger partial charge in [-0.05, 0) is 214 Å². The van der Waals surface area contributed by atoms with Crippen molar-refractivity contribution in [1.82, 2.24) is 43.6 Å². The van der Waals surface area contributed by atoms with Gasteiger partial charge in [0.2, 0.25) is 0 Å². The molecule has 28 aromatic rings. The molecule has 0 N–H and O–H groups in total. The lowest BCUT2D eigenvalue weighted by Crippen LogP contribution is -2.50. The highest BCUT2D eigenvalue weighted by atomic mass is 32.1. The van der Waals surface area contributed by atoms with Crippen molar-refractivity contribution in [3.8, 4) is 141 Å². The van der Waals surface area contributed by atoms with Gasteiger partial charge in [0.05, 0.1) is 67.3 Å². The summed E-state index contributed by atoms with van der Waals surface area (Å²) in [6.07, 6.45) is 0. The molecule has 708 valence electrons. The van der Waals surface area contributed by atoms with Crippen molar-refractivity contribution in [2.45, 2.75) is 39.3 Å². The smallest absolute Gasteiger partial charge is 0.160 e. The van der Waals surface area contributed by atoms with Gasteiger partial charge in [0.1, 0.15) is 35.4 Å². The van der Waals surface area contributed by atoms with Gasteiger partial charge in [0.25, 0.3) is 0 Å². The number of aromatic nitrogens is 9. The van der Waals surface area contributed by atoms with Crippen LogP contribution < -0.4 is 31.1 Å². The summed E-state index contributed by atoms with van der Waals surface area (Å²) >= 11 is 1.87. The Bertz CT molecular complexity index is 10100. The third-order valence-electron chi connectivity index (χ3n) is 31.7. The van der Waals surface area contributed by atoms with E-state index in [-0.39, 0.29) is 0 Å². The first-order valence-electron chi connectivity index (χ1n) is 51.5. The predicted molar refractivity (Wildman–Crippen MR) is 637 cm³/mol. The fraction of sp³-hybridized carbons (Fsp3) is 0.0441. The van der Waals surface area contributed by atoms with Crippen LogP contribution in [0.3, 0.4) is 0 Å². The number of rotatable bonds is 11. The summed E-state index contributed by atoms with van der Waals surface area (Å²) in [4.78, 5) is 32.9. The average molecular weight is 1990 g/mol. The Hall–Kier alpha value is -18.0. The lowest BCUT2D eigenvalue weighted by atomic mass is 9.98. The summed E-state index contributed by atoms with van der Waals surface area (Å²) in [5.41, 5.74) is 33.5. The molecule has 0 aliphatic carbocycles. The van der Waals surface area contributed by atoms with E-state index in [9.17, 15) is 0 Å². The van der Waals surface area contributed by atoms with Gasteiger partial charge in [-0.1, -0.05) is 373 Å². The zero-order valence-corrected chi connectivity index (χ0v) is 87.1. The van der Waals surface area contributed by atoms with Crippen LogP contribution >= 0.6 is 11.3 Å². The van der Waals surface area contributed by atoms with E-state index in [1.807, 2.05) is 23.5 Å². The van der Waals surface area contributed by atoms with Crippen molar-refractivity contribution in [2.75, 3.05) is 0 Å². The topological polar surface area (TPSA) is 105 Å². The maximum atomic E-state index is 6.59. The second kappa shape index (κ2) is 34.6. The highest BCUT2D eigenvalue weighted by Gasteiger charge is 2.46. The van der Waals surface area contributed by atoms with Gasteiger partial charge in [-0.3, -0.25) is 0 Å². The Balaban J connectivity index is 0.000000106. The largest absolute Gasteiger partial charge is 0.455 e. The first-order valence-corrected chi connectivity index (χ1v) is 61.3. The lowest BCUT2D eigenvalue weighted by molar-refractivity contribution is 0.670. The van der Waals surface area contributed by atoms with E-state index in [0.29, 0.717) is 0 Å². The molecule has 0 fully saturated rings. The van der Waals surface area contributed by atoms with E-state index in [1.54, 1.807) is 0 Å². The van der Waals surface area contributed by atoms with E-state index in [1.165, 1.54) is 155 Å². The monoisotopic (exact) mass is 1990 g/mol. The van der Waals surface area contributed by atoms with Crippen LogP contribution in [0.4, 0.5) is 0 Å². The molecule has 20 aromatic carbocycles. The fourth-order valence-electron chi connectivity index (χ4n) is 24.8. The average Bonchev–Trinajstić information content (AvgIpc) is 1.54. The summed E-state index contributed by atoms with van der Waals surface area (Å²) in [6, 6.07) is 168. The molecule has 11 heterocycles. The molecule has 0 bridgehead atoms. The minimum Gasteiger partial charge on any atom is -0.455 e. The molecule has 0 amide bonds. The molecule has 31 rings (SSSR count). The van der Waals surface area contributed by atoms with Crippen LogP contribution in [0.1, 0.15) is 0 Å². The van der Waals surface area contributed by atoms with Crippen molar-refractivity contribution in [3.63, 3.8) is 0 Å². The number of hydrogen-bond donors (Lipinski definition) is 0. The van der Waals surface area contributed by atoms with E-state index in [4.69, 9.17) is 34.3 Å². The normalized spacial score (nSPS) is 13.3. The molecule has 0 atom stereocenters. The molecular formula is C136H95N9OSSi3. The quantitative estimate of drug-likeness (QED) is 0.119. The van der Waals surface area contributed by atoms with Crippen LogP contribution in [-0.4, -0.2) is 67.8 Å². The zero-order chi connectivity index (χ0) is 99.9. The molecule has 3 aliphatic heterocycles. The minimum atomic E-state index is -2.14. The highest BCUT2D eigenvalue weighted by molar-refractivity contribution is 7.26. The first kappa shape index (κ1) is 88.5. The van der Waals surface area contributed by atoms with Crippen molar-refractivity contribution >= 4 is 185 Å². The van der Waals surface area contributed by atoms with Gasteiger partial charge in [0, 0.05) is 114 Å². The van der Waals surface area contributed by atoms with Crippen LogP contribution in [-0.2, 0) is 0 Å². The Morgan fingerprint density at radius 3 is 1.11 bits per heavy atom. The number of nitrogens with zero attached hydrogens (tertiary/aromatic N) is 9. The van der Waals surface area contributed by atoms with E-state index in [2.05, 4.69) is 508 Å². The molecule has 0 saturated carbocycles. The van der Waals surface area contributed by atoms with Gasteiger partial charge in [-0.2, -0.15) is 0 Å². The lowest BCUT2D eigenvalue weighted by Gasteiger charge is -2.22. The van der Waals surface area contributed by atoms with Gasteiger partial charge < -0.3 is 18.1 Å². The summed E-state index contributed by atoms with van der Waals surface area (Å²) in [7, 11) is -6.35. The molecule has 0 radical (unpaired) electrons. The summed E-state index contributed by atoms with van der Waals surface area (Å²) < 4.78 is 16.3. The van der Waals surface area contributed by atoms with Crippen LogP contribution in [0.5, 0.6) is 0 Å².